The van der Waals surface area contributed by atoms with Gasteiger partial charge in [-0.25, -0.2) is 4.99 Å². The molecule has 6 nitrogen and oxygen atoms in total. The Kier molecular flexibility index (Phi) is 6.67. The van der Waals surface area contributed by atoms with Gasteiger partial charge in [-0.1, -0.05) is 37.7 Å². The van der Waals surface area contributed by atoms with Gasteiger partial charge in [-0.2, -0.15) is 0 Å². The van der Waals surface area contributed by atoms with Gasteiger partial charge in [-0.05, 0) is 37.0 Å². The van der Waals surface area contributed by atoms with Crippen molar-refractivity contribution in [2.45, 2.75) is 39.7 Å². The van der Waals surface area contributed by atoms with Crippen molar-refractivity contribution in [3.63, 3.8) is 0 Å². The second kappa shape index (κ2) is 9.03. The number of anilines is 1. The number of aliphatic imine (C=N–C) groups is 1. The topological polar surface area (TPSA) is 65.0 Å². The normalized spacial score (nSPS) is 19.0. The van der Waals surface area contributed by atoms with E-state index in [0.717, 1.165) is 40.8 Å². The van der Waals surface area contributed by atoms with Crippen LogP contribution in [0.2, 0.25) is 0 Å². The van der Waals surface area contributed by atoms with Gasteiger partial charge in [0.1, 0.15) is 0 Å². The van der Waals surface area contributed by atoms with Crippen molar-refractivity contribution in [1.82, 2.24) is 9.80 Å². The summed E-state index contributed by atoms with van der Waals surface area (Å²) in [6.07, 6.45) is 1.53. The van der Waals surface area contributed by atoms with E-state index >= 15 is 0 Å². The monoisotopic (exact) mass is 414 g/mol. The average Bonchev–Trinajstić information content (AvgIpc) is 2.65. The number of carbonyl (C=O) groups is 2. The van der Waals surface area contributed by atoms with E-state index in [-0.39, 0.29) is 17.9 Å². The lowest BCUT2D eigenvalue weighted by molar-refractivity contribution is -0.125. The highest BCUT2D eigenvalue weighted by atomic mass is 32.2. The Hall–Kier alpha value is -2.28. The van der Waals surface area contributed by atoms with Crippen molar-refractivity contribution in [2.24, 2.45) is 10.9 Å². The lowest BCUT2D eigenvalue weighted by Gasteiger charge is -2.41. The van der Waals surface area contributed by atoms with Crippen molar-refractivity contribution >= 4 is 34.4 Å². The van der Waals surface area contributed by atoms with Crippen LogP contribution in [0, 0.1) is 5.92 Å². The molecule has 2 amide bonds. The summed E-state index contributed by atoms with van der Waals surface area (Å²) in [5.41, 5.74) is 3.22. The zero-order valence-corrected chi connectivity index (χ0v) is 18.7. The van der Waals surface area contributed by atoms with Gasteiger partial charge in [0.05, 0.1) is 17.3 Å². The Morgan fingerprint density at radius 3 is 2.79 bits per heavy atom. The molecule has 0 aromatic heterocycles. The molecule has 1 aromatic carbocycles. The van der Waals surface area contributed by atoms with E-state index in [1.807, 2.05) is 45.0 Å². The summed E-state index contributed by atoms with van der Waals surface area (Å²) >= 11 is 1.74. The first-order chi connectivity index (χ1) is 13.8. The summed E-state index contributed by atoms with van der Waals surface area (Å²) in [5.74, 6) is 1.32. The number of thioether (sulfide) groups is 1. The predicted octanol–water partition coefficient (Wildman–Crippen LogP) is 3.88. The number of benzene rings is 1. The van der Waals surface area contributed by atoms with Crippen molar-refractivity contribution in [2.75, 3.05) is 31.7 Å². The fourth-order valence-electron chi connectivity index (χ4n) is 3.70. The Labute approximate surface area is 177 Å². The van der Waals surface area contributed by atoms with Crippen LogP contribution in [-0.4, -0.2) is 53.2 Å². The number of carbonyl (C=O) groups excluding carboxylic acids is 2. The van der Waals surface area contributed by atoms with Gasteiger partial charge in [-0.3, -0.25) is 9.59 Å². The van der Waals surface area contributed by atoms with Crippen LogP contribution >= 0.6 is 11.8 Å². The number of hydrogen-bond donors (Lipinski definition) is 1. The first-order valence-electron chi connectivity index (χ1n) is 10.1. The molecule has 0 radical (unpaired) electrons. The van der Waals surface area contributed by atoms with Crippen LogP contribution in [0.1, 0.15) is 45.2 Å². The minimum atomic E-state index is -0.202. The Balaban J connectivity index is 1.99. The predicted molar refractivity (Wildman–Crippen MR) is 120 cm³/mol. The number of nitrogens with zero attached hydrogens (tertiary/aromatic N) is 3. The lowest BCUT2D eigenvalue weighted by atomic mass is 9.93. The first kappa shape index (κ1) is 21.4. The molecule has 1 aromatic rings. The van der Waals surface area contributed by atoms with Gasteiger partial charge >= 0.3 is 0 Å². The molecule has 0 spiro atoms. The molecule has 2 aliphatic rings. The highest BCUT2D eigenvalue weighted by Crippen LogP contribution is 2.40. The summed E-state index contributed by atoms with van der Waals surface area (Å²) in [7, 11) is 3.54. The molecule has 0 bridgehead atoms. The molecule has 0 aliphatic carbocycles. The maximum absolute atomic E-state index is 13.0. The quantitative estimate of drug-likeness (QED) is 0.794. The fraction of sp³-hybridized carbons (Fsp3) is 0.500. The molecule has 1 atom stereocenters. The molecular formula is C22H30N4O2S. The number of amidine groups is 1. The second-order valence-corrected chi connectivity index (χ2v) is 9.22. The molecule has 1 saturated heterocycles. The van der Waals surface area contributed by atoms with Crippen LogP contribution in [0.25, 0.3) is 0 Å². The average molecular weight is 415 g/mol. The van der Waals surface area contributed by atoms with E-state index in [1.165, 1.54) is 0 Å². The third-order valence-corrected chi connectivity index (χ3v) is 6.05. The highest BCUT2D eigenvalue weighted by molar-refractivity contribution is 8.13. The molecule has 0 saturated carbocycles. The van der Waals surface area contributed by atoms with Gasteiger partial charge in [0.25, 0.3) is 5.91 Å². The largest absolute Gasteiger partial charge is 0.345 e. The van der Waals surface area contributed by atoms with Gasteiger partial charge in [0, 0.05) is 38.5 Å². The summed E-state index contributed by atoms with van der Waals surface area (Å²) in [5, 5.41) is 3.97. The molecule has 1 fully saturated rings. The first-order valence-corrected chi connectivity index (χ1v) is 11.1. The molecule has 29 heavy (non-hydrogen) atoms. The fourth-order valence-corrected chi connectivity index (χ4v) is 4.72. The smallest absolute Gasteiger partial charge is 0.253 e. The maximum Gasteiger partial charge on any atom is 0.253 e. The van der Waals surface area contributed by atoms with E-state index in [0.29, 0.717) is 17.9 Å². The van der Waals surface area contributed by atoms with Crippen molar-refractivity contribution in [3.05, 3.63) is 41.1 Å². The molecule has 2 aliphatic heterocycles. The number of fused-ring (bicyclic) bond motifs is 1. The minimum Gasteiger partial charge on any atom is -0.345 e. The van der Waals surface area contributed by atoms with Crippen molar-refractivity contribution in [3.8, 4) is 0 Å². The number of nitrogens with one attached hydrogen (secondary N) is 1. The summed E-state index contributed by atoms with van der Waals surface area (Å²) in [6.45, 7) is 6.83. The molecular weight excluding hydrogens is 384 g/mol. The van der Waals surface area contributed by atoms with Crippen LogP contribution in [0.4, 0.5) is 5.69 Å². The Morgan fingerprint density at radius 2 is 2.10 bits per heavy atom. The molecule has 1 N–H and O–H groups in total. The Bertz CT molecular complexity index is 860. The van der Waals surface area contributed by atoms with Crippen LogP contribution in [0.15, 0.2) is 40.5 Å². The molecule has 3 rings (SSSR count). The number of amides is 2. The molecule has 0 unspecified atom stereocenters. The third kappa shape index (κ3) is 4.83. The van der Waals surface area contributed by atoms with E-state index in [2.05, 4.69) is 10.2 Å². The SMILES string of the molecule is CC1=C(C(=O)N(C)C)[C@H](c2cccc(NC(=O)CC(C)C)c2)N2CCCSC2=N1. The van der Waals surface area contributed by atoms with Gasteiger partial charge in [-0.15, -0.1) is 0 Å². The second-order valence-electron chi connectivity index (χ2n) is 8.16. The van der Waals surface area contributed by atoms with E-state index < -0.39 is 0 Å². The highest BCUT2D eigenvalue weighted by Gasteiger charge is 2.37. The minimum absolute atomic E-state index is 0.00730. The summed E-state index contributed by atoms with van der Waals surface area (Å²) in [4.78, 5) is 33.9. The van der Waals surface area contributed by atoms with E-state index in [4.69, 9.17) is 4.99 Å². The van der Waals surface area contributed by atoms with E-state index in [9.17, 15) is 9.59 Å². The zero-order chi connectivity index (χ0) is 21.1. The lowest BCUT2D eigenvalue weighted by Crippen LogP contribution is -2.43. The van der Waals surface area contributed by atoms with Crippen LogP contribution in [0.3, 0.4) is 0 Å². The van der Waals surface area contributed by atoms with E-state index in [1.54, 1.807) is 30.8 Å². The molecule has 156 valence electrons. The number of hydrogen-bond acceptors (Lipinski definition) is 5. The third-order valence-electron chi connectivity index (χ3n) is 4.97. The van der Waals surface area contributed by atoms with Gasteiger partial charge in [0.2, 0.25) is 5.91 Å². The molecule has 7 heteroatoms. The van der Waals surface area contributed by atoms with Crippen LogP contribution < -0.4 is 5.32 Å². The summed E-state index contributed by atoms with van der Waals surface area (Å²) < 4.78 is 0. The van der Waals surface area contributed by atoms with Gasteiger partial charge < -0.3 is 15.1 Å². The maximum atomic E-state index is 13.0. The van der Waals surface area contributed by atoms with Crippen molar-refractivity contribution in [1.29, 1.82) is 0 Å². The zero-order valence-electron chi connectivity index (χ0n) is 17.9. The van der Waals surface area contributed by atoms with Crippen LogP contribution in [-0.2, 0) is 9.59 Å². The Morgan fingerprint density at radius 1 is 1.34 bits per heavy atom. The number of allylic oxidation sites excluding steroid dienone is 1. The van der Waals surface area contributed by atoms with Gasteiger partial charge in [0.15, 0.2) is 5.17 Å². The number of likely N-dealkylation sites (N-methyl/N-ethyl adjacent to an activating group) is 1. The summed E-state index contributed by atoms with van der Waals surface area (Å²) in [6, 6.07) is 7.65. The standard InChI is InChI=1S/C22H30N4O2S/c1-14(2)12-18(27)24-17-9-6-8-16(13-17)20-19(21(28)25(4)5)15(3)23-22-26(20)10-7-11-29-22/h6,8-9,13-14,20H,7,10-12H2,1-5H3,(H,24,27)/t20-/m0/s1. The van der Waals surface area contributed by atoms with Crippen molar-refractivity contribution < 1.29 is 9.59 Å². The number of rotatable bonds is 5. The van der Waals surface area contributed by atoms with Crippen LogP contribution in [0.5, 0.6) is 0 Å². The molecule has 2 heterocycles.